The minimum atomic E-state index is -1.07. The van der Waals surface area contributed by atoms with Crippen LogP contribution in [0.2, 0.25) is 0 Å². The molecular formula is C14H23N3O5. The van der Waals surface area contributed by atoms with Gasteiger partial charge in [0, 0.05) is 12.8 Å². The maximum absolute atomic E-state index is 11.9. The van der Waals surface area contributed by atoms with Crippen LogP contribution in [0.1, 0.15) is 32.4 Å². The topological polar surface area (TPSA) is 120 Å². The summed E-state index contributed by atoms with van der Waals surface area (Å²) in [5, 5.41) is 19.8. The van der Waals surface area contributed by atoms with Crippen molar-refractivity contribution in [3.8, 4) is 0 Å². The Morgan fingerprint density at radius 1 is 1.50 bits per heavy atom. The van der Waals surface area contributed by atoms with Gasteiger partial charge in [-0.05, 0) is 12.5 Å². The van der Waals surface area contributed by atoms with Gasteiger partial charge in [0.25, 0.3) is 0 Å². The van der Waals surface area contributed by atoms with Crippen LogP contribution >= 0.6 is 0 Å². The Labute approximate surface area is 128 Å². The number of ether oxygens (including phenoxy) is 2. The highest BCUT2D eigenvalue weighted by Gasteiger charge is 2.45. The molecule has 0 unspecified atom stereocenters. The van der Waals surface area contributed by atoms with Crippen LogP contribution < -0.4 is 11.4 Å². The molecule has 1 aromatic rings. The molecule has 1 saturated heterocycles. The molecule has 0 bridgehead atoms. The molecule has 0 saturated carbocycles. The zero-order valence-electron chi connectivity index (χ0n) is 12.6. The van der Waals surface area contributed by atoms with Gasteiger partial charge in [-0.2, -0.15) is 4.98 Å². The molecule has 8 heteroatoms. The van der Waals surface area contributed by atoms with Crippen molar-refractivity contribution in [1.29, 1.82) is 0 Å². The minimum absolute atomic E-state index is 0.0970. The molecule has 8 nitrogen and oxygen atoms in total. The number of hydrogen-bond acceptors (Lipinski definition) is 7. The molecule has 4 N–H and O–H groups in total. The first-order valence-electron chi connectivity index (χ1n) is 7.49. The largest absolute Gasteiger partial charge is 0.394 e. The van der Waals surface area contributed by atoms with Crippen LogP contribution in [0.3, 0.4) is 0 Å². The summed E-state index contributed by atoms with van der Waals surface area (Å²) in [6.45, 7) is 2.25. The number of aliphatic hydroxyl groups excluding tert-OH is 2. The summed E-state index contributed by atoms with van der Waals surface area (Å²) in [5.41, 5.74) is 4.83. The number of hydrogen-bond donors (Lipinski definition) is 3. The molecule has 22 heavy (non-hydrogen) atoms. The summed E-state index contributed by atoms with van der Waals surface area (Å²) >= 11 is 0. The van der Waals surface area contributed by atoms with Gasteiger partial charge in [-0.15, -0.1) is 0 Å². The molecule has 1 aliphatic heterocycles. The van der Waals surface area contributed by atoms with Gasteiger partial charge in [-0.3, -0.25) is 4.57 Å². The molecular weight excluding hydrogens is 290 g/mol. The molecule has 2 heterocycles. The fourth-order valence-electron chi connectivity index (χ4n) is 2.49. The Balaban J connectivity index is 2.09. The number of aromatic nitrogens is 2. The average Bonchev–Trinajstić information content (AvgIpc) is 2.80. The van der Waals surface area contributed by atoms with Crippen molar-refractivity contribution in [2.45, 2.75) is 50.7 Å². The molecule has 2 rings (SSSR count). The zero-order valence-corrected chi connectivity index (χ0v) is 12.6. The Morgan fingerprint density at radius 3 is 2.91 bits per heavy atom. The third kappa shape index (κ3) is 3.64. The van der Waals surface area contributed by atoms with E-state index in [-0.39, 0.29) is 12.4 Å². The van der Waals surface area contributed by atoms with Crippen LogP contribution in [0.15, 0.2) is 17.1 Å². The first-order valence-corrected chi connectivity index (χ1v) is 7.49. The Kier molecular flexibility index (Phi) is 5.90. The maximum Gasteiger partial charge on any atom is 0.351 e. The Bertz CT molecular complexity index is 535. The van der Waals surface area contributed by atoms with E-state index >= 15 is 0 Å². The van der Waals surface area contributed by atoms with Crippen molar-refractivity contribution in [3.05, 3.63) is 22.7 Å². The molecule has 0 aromatic carbocycles. The minimum Gasteiger partial charge on any atom is -0.394 e. The van der Waals surface area contributed by atoms with E-state index in [1.54, 1.807) is 0 Å². The quantitative estimate of drug-likeness (QED) is 0.589. The first kappa shape index (κ1) is 16.9. The predicted molar refractivity (Wildman–Crippen MR) is 79.2 cm³/mol. The van der Waals surface area contributed by atoms with Crippen LogP contribution in [0.5, 0.6) is 0 Å². The van der Waals surface area contributed by atoms with Gasteiger partial charge in [0.1, 0.15) is 24.1 Å². The molecule has 1 aliphatic rings. The summed E-state index contributed by atoms with van der Waals surface area (Å²) in [6.07, 6.45) is 0.973. The molecule has 0 spiro atoms. The van der Waals surface area contributed by atoms with Crippen molar-refractivity contribution in [2.75, 3.05) is 18.9 Å². The second-order valence-electron chi connectivity index (χ2n) is 5.32. The van der Waals surface area contributed by atoms with Crippen molar-refractivity contribution < 1.29 is 19.7 Å². The lowest BCUT2D eigenvalue weighted by molar-refractivity contribution is -0.0625. The standard InChI is InChI=1S/C14H23N3O5/c1-2-3-4-7-21-12-9(8-18)22-13(11(12)19)17-6-5-10(15)16-14(17)20/h5-6,9,11-13,18-19H,2-4,7-8H2,1H3,(H2,15,16,20)/t9-,11-,12-,13-/m1/s1. The van der Waals surface area contributed by atoms with E-state index in [4.69, 9.17) is 15.2 Å². The summed E-state index contributed by atoms with van der Waals surface area (Å²) in [7, 11) is 0. The van der Waals surface area contributed by atoms with E-state index in [0.717, 1.165) is 23.8 Å². The second kappa shape index (κ2) is 7.68. The van der Waals surface area contributed by atoms with Crippen molar-refractivity contribution in [3.63, 3.8) is 0 Å². The first-order chi connectivity index (χ1) is 10.6. The molecule has 0 amide bonds. The van der Waals surface area contributed by atoms with Crippen molar-refractivity contribution >= 4 is 5.82 Å². The van der Waals surface area contributed by atoms with E-state index < -0.39 is 30.2 Å². The highest BCUT2D eigenvalue weighted by Crippen LogP contribution is 2.30. The normalized spacial score (nSPS) is 28.1. The fraction of sp³-hybridized carbons (Fsp3) is 0.714. The van der Waals surface area contributed by atoms with Gasteiger partial charge in [0.15, 0.2) is 6.23 Å². The van der Waals surface area contributed by atoms with Crippen LogP contribution in [0, 0.1) is 0 Å². The highest BCUT2D eigenvalue weighted by molar-refractivity contribution is 5.23. The number of aliphatic hydroxyl groups is 2. The van der Waals surface area contributed by atoms with Crippen molar-refractivity contribution in [2.24, 2.45) is 0 Å². The lowest BCUT2D eigenvalue weighted by Crippen LogP contribution is -2.38. The summed E-state index contributed by atoms with van der Waals surface area (Å²) in [6, 6.07) is 1.45. The van der Waals surface area contributed by atoms with Gasteiger partial charge >= 0.3 is 5.69 Å². The summed E-state index contributed by atoms with van der Waals surface area (Å²) < 4.78 is 12.3. The molecule has 0 radical (unpaired) electrons. The van der Waals surface area contributed by atoms with Gasteiger partial charge in [-0.1, -0.05) is 19.8 Å². The van der Waals surface area contributed by atoms with Crippen LogP contribution in [0.4, 0.5) is 5.82 Å². The third-order valence-electron chi connectivity index (χ3n) is 3.67. The summed E-state index contributed by atoms with van der Waals surface area (Å²) in [5.74, 6) is 0.0970. The monoisotopic (exact) mass is 313 g/mol. The van der Waals surface area contributed by atoms with Crippen LogP contribution in [-0.4, -0.2) is 51.3 Å². The van der Waals surface area contributed by atoms with E-state index in [9.17, 15) is 15.0 Å². The van der Waals surface area contributed by atoms with E-state index in [2.05, 4.69) is 11.9 Å². The summed E-state index contributed by atoms with van der Waals surface area (Å²) in [4.78, 5) is 15.5. The van der Waals surface area contributed by atoms with Gasteiger partial charge in [-0.25, -0.2) is 4.79 Å². The fourth-order valence-corrected chi connectivity index (χ4v) is 2.49. The van der Waals surface area contributed by atoms with E-state index in [0.29, 0.717) is 6.61 Å². The molecule has 0 aliphatic carbocycles. The SMILES string of the molecule is CCCCCO[C@H]1[C@@H](O)[C@H](n2ccc(N)nc2=O)O[C@@H]1CO. The van der Waals surface area contributed by atoms with E-state index in [1.807, 2.05) is 0 Å². The van der Waals surface area contributed by atoms with Gasteiger partial charge in [0.2, 0.25) is 0 Å². The predicted octanol–water partition coefficient (Wildman–Crippen LogP) is -0.348. The number of unbranched alkanes of at least 4 members (excludes halogenated alkanes) is 2. The van der Waals surface area contributed by atoms with Gasteiger partial charge in [0.05, 0.1) is 6.61 Å². The smallest absolute Gasteiger partial charge is 0.351 e. The number of nitrogen functional groups attached to an aromatic ring is 1. The third-order valence-corrected chi connectivity index (χ3v) is 3.67. The number of rotatable bonds is 7. The average molecular weight is 313 g/mol. The maximum atomic E-state index is 11.9. The van der Waals surface area contributed by atoms with Crippen molar-refractivity contribution in [1.82, 2.24) is 9.55 Å². The lowest BCUT2D eigenvalue weighted by atomic mass is 10.1. The van der Waals surface area contributed by atoms with Crippen LogP contribution in [-0.2, 0) is 9.47 Å². The lowest BCUT2D eigenvalue weighted by Gasteiger charge is -2.20. The number of anilines is 1. The number of nitrogens with two attached hydrogens (primary N) is 1. The van der Waals surface area contributed by atoms with Crippen LogP contribution in [0.25, 0.3) is 0 Å². The highest BCUT2D eigenvalue weighted by atomic mass is 16.6. The zero-order chi connectivity index (χ0) is 16.1. The van der Waals surface area contributed by atoms with E-state index in [1.165, 1.54) is 12.3 Å². The second-order valence-corrected chi connectivity index (χ2v) is 5.32. The van der Waals surface area contributed by atoms with Gasteiger partial charge < -0.3 is 25.4 Å². The molecule has 4 atom stereocenters. The molecule has 1 aromatic heterocycles. The Morgan fingerprint density at radius 2 is 2.27 bits per heavy atom. The molecule has 124 valence electrons. The Hall–Kier alpha value is -1.48. The molecule has 1 fully saturated rings. The number of nitrogens with zero attached hydrogens (tertiary/aromatic N) is 2.